The third kappa shape index (κ3) is 3.21. The van der Waals surface area contributed by atoms with Gasteiger partial charge in [-0.15, -0.1) is 0 Å². The van der Waals surface area contributed by atoms with Crippen LogP contribution in [0.4, 0.5) is 9.52 Å². The zero-order valence-corrected chi connectivity index (χ0v) is 14.4. The Bertz CT molecular complexity index is 841. The first-order valence-corrected chi connectivity index (χ1v) is 8.05. The van der Waals surface area contributed by atoms with Gasteiger partial charge in [-0.1, -0.05) is 11.3 Å². The second-order valence-corrected chi connectivity index (χ2v) is 6.05. The van der Waals surface area contributed by atoms with E-state index in [0.717, 1.165) is 20.9 Å². The number of fused-ring (bicyclic) bond motifs is 1. The minimum atomic E-state index is -0.262. The van der Waals surface area contributed by atoms with E-state index in [4.69, 9.17) is 14.2 Å². The number of nitrogens with one attached hydrogen (secondary N) is 1. The Labute approximate surface area is 143 Å². The summed E-state index contributed by atoms with van der Waals surface area (Å²) in [7, 11) is 4.73. The fourth-order valence-corrected chi connectivity index (χ4v) is 3.28. The van der Waals surface area contributed by atoms with E-state index in [9.17, 15) is 4.39 Å². The zero-order chi connectivity index (χ0) is 17.1. The van der Waals surface area contributed by atoms with Crippen LogP contribution in [-0.2, 0) is 6.54 Å². The second-order valence-electron chi connectivity index (χ2n) is 5.02. The lowest BCUT2D eigenvalue weighted by atomic mass is 10.2. The molecule has 1 N–H and O–H groups in total. The number of benzene rings is 2. The van der Waals surface area contributed by atoms with E-state index in [1.807, 2.05) is 12.1 Å². The van der Waals surface area contributed by atoms with Gasteiger partial charge in [0.15, 0.2) is 16.6 Å². The molecule has 24 heavy (non-hydrogen) atoms. The molecule has 3 aromatic rings. The number of hydrogen-bond donors (Lipinski definition) is 1. The monoisotopic (exact) mass is 348 g/mol. The van der Waals surface area contributed by atoms with E-state index in [-0.39, 0.29) is 5.82 Å². The molecule has 1 heterocycles. The highest BCUT2D eigenvalue weighted by atomic mass is 32.1. The highest BCUT2D eigenvalue weighted by Crippen LogP contribution is 2.38. The number of nitrogens with zero attached hydrogens (tertiary/aromatic N) is 1. The average Bonchev–Trinajstić information content (AvgIpc) is 3.00. The topological polar surface area (TPSA) is 52.6 Å². The number of anilines is 1. The van der Waals surface area contributed by atoms with Crippen LogP contribution in [0.2, 0.25) is 0 Å². The number of thiazole rings is 1. The predicted molar refractivity (Wildman–Crippen MR) is 93.0 cm³/mol. The third-order valence-electron chi connectivity index (χ3n) is 3.52. The standard InChI is InChI=1S/C17H17FN2O3S/c1-21-13-6-10(7-14(22-2)16(13)23-3)9-19-17-20-12-5-4-11(18)8-15(12)24-17/h4-8H,9H2,1-3H3,(H,19,20). The summed E-state index contributed by atoms with van der Waals surface area (Å²) in [5.74, 6) is 1.49. The molecule has 0 aliphatic rings. The zero-order valence-electron chi connectivity index (χ0n) is 13.6. The number of hydrogen-bond acceptors (Lipinski definition) is 6. The van der Waals surface area contributed by atoms with Crippen molar-refractivity contribution >= 4 is 26.7 Å². The second kappa shape index (κ2) is 6.92. The molecule has 5 nitrogen and oxygen atoms in total. The van der Waals surface area contributed by atoms with Gasteiger partial charge < -0.3 is 19.5 Å². The van der Waals surface area contributed by atoms with Gasteiger partial charge in [0.25, 0.3) is 0 Å². The maximum atomic E-state index is 13.3. The van der Waals surface area contributed by atoms with Crippen LogP contribution in [-0.4, -0.2) is 26.3 Å². The maximum Gasteiger partial charge on any atom is 0.203 e. The summed E-state index contributed by atoms with van der Waals surface area (Å²) in [4.78, 5) is 4.44. The Morgan fingerprint density at radius 2 is 1.75 bits per heavy atom. The molecule has 0 bridgehead atoms. The third-order valence-corrected chi connectivity index (χ3v) is 4.49. The van der Waals surface area contributed by atoms with E-state index in [1.54, 1.807) is 27.4 Å². The van der Waals surface area contributed by atoms with Crippen LogP contribution in [0.5, 0.6) is 17.2 Å². The molecule has 2 aromatic carbocycles. The Morgan fingerprint density at radius 1 is 1.04 bits per heavy atom. The summed E-state index contributed by atoms with van der Waals surface area (Å²) in [6.07, 6.45) is 0. The van der Waals surface area contributed by atoms with Crippen LogP contribution < -0.4 is 19.5 Å². The van der Waals surface area contributed by atoms with Crippen molar-refractivity contribution in [3.8, 4) is 17.2 Å². The van der Waals surface area contributed by atoms with Gasteiger partial charge in [-0.25, -0.2) is 9.37 Å². The van der Waals surface area contributed by atoms with E-state index >= 15 is 0 Å². The number of halogens is 1. The molecule has 0 fully saturated rings. The molecular weight excluding hydrogens is 331 g/mol. The summed E-state index contributed by atoms with van der Waals surface area (Å²) < 4.78 is 30.1. The normalized spacial score (nSPS) is 10.7. The quantitative estimate of drug-likeness (QED) is 0.728. The molecule has 126 valence electrons. The van der Waals surface area contributed by atoms with Gasteiger partial charge in [0.2, 0.25) is 5.75 Å². The molecule has 0 aliphatic heterocycles. The van der Waals surface area contributed by atoms with Crippen molar-refractivity contribution in [1.82, 2.24) is 4.98 Å². The van der Waals surface area contributed by atoms with Crippen LogP contribution >= 0.6 is 11.3 Å². The van der Waals surface area contributed by atoms with Crippen molar-refractivity contribution in [3.05, 3.63) is 41.7 Å². The SMILES string of the molecule is COc1cc(CNc2nc3ccc(F)cc3s2)cc(OC)c1OC. The highest BCUT2D eigenvalue weighted by molar-refractivity contribution is 7.22. The summed E-state index contributed by atoms with van der Waals surface area (Å²) in [6, 6.07) is 8.32. The van der Waals surface area contributed by atoms with Crippen LogP contribution in [0.3, 0.4) is 0 Å². The Balaban J connectivity index is 1.82. The lowest BCUT2D eigenvalue weighted by Gasteiger charge is -2.14. The predicted octanol–water partition coefficient (Wildman–Crippen LogP) is 4.07. The smallest absolute Gasteiger partial charge is 0.203 e. The molecule has 7 heteroatoms. The van der Waals surface area contributed by atoms with E-state index in [2.05, 4.69) is 10.3 Å². The molecule has 0 saturated heterocycles. The molecule has 0 spiro atoms. The molecule has 0 unspecified atom stereocenters. The number of ether oxygens (including phenoxy) is 3. The molecule has 0 aliphatic carbocycles. The molecule has 0 amide bonds. The van der Waals surface area contributed by atoms with Crippen molar-refractivity contribution in [2.24, 2.45) is 0 Å². The fraction of sp³-hybridized carbons (Fsp3) is 0.235. The van der Waals surface area contributed by atoms with E-state index in [1.165, 1.54) is 23.5 Å². The molecule has 0 radical (unpaired) electrons. The van der Waals surface area contributed by atoms with Gasteiger partial charge >= 0.3 is 0 Å². The van der Waals surface area contributed by atoms with Crippen molar-refractivity contribution in [1.29, 1.82) is 0 Å². The largest absolute Gasteiger partial charge is 0.493 e. The van der Waals surface area contributed by atoms with Crippen molar-refractivity contribution in [2.45, 2.75) is 6.54 Å². The summed E-state index contributed by atoms with van der Waals surface area (Å²) in [6.45, 7) is 0.527. The van der Waals surface area contributed by atoms with E-state index < -0.39 is 0 Å². The number of rotatable bonds is 6. The van der Waals surface area contributed by atoms with E-state index in [0.29, 0.717) is 23.8 Å². The van der Waals surface area contributed by atoms with Crippen LogP contribution in [0.1, 0.15) is 5.56 Å². The van der Waals surface area contributed by atoms with Gasteiger partial charge in [0.05, 0.1) is 31.5 Å². The first-order chi connectivity index (χ1) is 11.6. The van der Waals surface area contributed by atoms with Crippen LogP contribution in [0.15, 0.2) is 30.3 Å². The molecular formula is C17H17FN2O3S. The maximum absolute atomic E-state index is 13.3. The highest BCUT2D eigenvalue weighted by Gasteiger charge is 2.13. The Kier molecular flexibility index (Phi) is 4.71. The van der Waals surface area contributed by atoms with Gasteiger partial charge in [-0.2, -0.15) is 0 Å². The molecule has 3 rings (SSSR count). The minimum absolute atomic E-state index is 0.262. The lowest BCUT2D eigenvalue weighted by molar-refractivity contribution is 0.324. The average molecular weight is 348 g/mol. The van der Waals surface area contributed by atoms with Crippen molar-refractivity contribution in [2.75, 3.05) is 26.6 Å². The Morgan fingerprint density at radius 3 is 2.38 bits per heavy atom. The minimum Gasteiger partial charge on any atom is -0.493 e. The number of methoxy groups -OCH3 is 3. The van der Waals surface area contributed by atoms with Gasteiger partial charge in [-0.3, -0.25) is 0 Å². The number of aromatic nitrogens is 1. The summed E-state index contributed by atoms with van der Waals surface area (Å²) in [5.41, 5.74) is 1.73. The summed E-state index contributed by atoms with van der Waals surface area (Å²) >= 11 is 1.41. The van der Waals surface area contributed by atoms with Crippen molar-refractivity contribution < 1.29 is 18.6 Å². The summed E-state index contributed by atoms with van der Waals surface area (Å²) in [5, 5.41) is 3.97. The van der Waals surface area contributed by atoms with Crippen LogP contribution in [0, 0.1) is 5.82 Å². The van der Waals surface area contributed by atoms with Gasteiger partial charge in [-0.05, 0) is 35.9 Å². The molecule has 0 atom stereocenters. The fourth-order valence-electron chi connectivity index (χ4n) is 2.39. The Hall–Kier alpha value is -2.54. The van der Waals surface area contributed by atoms with Crippen LogP contribution in [0.25, 0.3) is 10.2 Å². The van der Waals surface area contributed by atoms with Gasteiger partial charge in [0, 0.05) is 6.54 Å². The molecule has 1 aromatic heterocycles. The van der Waals surface area contributed by atoms with Gasteiger partial charge in [0.1, 0.15) is 5.82 Å². The first kappa shape index (κ1) is 16.3. The van der Waals surface area contributed by atoms with Crippen molar-refractivity contribution in [3.63, 3.8) is 0 Å². The lowest BCUT2D eigenvalue weighted by Crippen LogP contribution is -2.02. The molecule has 0 saturated carbocycles. The first-order valence-electron chi connectivity index (χ1n) is 7.23.